The Labute approximate surface area is 210 Å². The lowest BCUT2D eigenvalue weighted by molar-refractivity contribution is -0.140. The van der Waals surface area contributed by atoms with E-state index in [-0.39, 0.29) is 11.7 Å². The number of fused-ring (bicyclic) bond motifs is 1. The summed E-state index contributed by atoms with van der Waals surface area (Å²) in [5.41, 5.74) is 2.04. The van der Waals surface area contributed by atoms with Crippen molar-refractivity contribution in [3.8, 4) is 11.6 Å². The third-order valence-electron chi connectivity index (χ3n) is 7.64. The van der Waals surface area contributed by atoms with E-state index in [0.717, 1.165) is 59.8 Å². The Morgan fingerprint density at radius 3 is 2.58 bits per heavy atom. The largest absolute Gasteiger partial charge is 0.480 e. The Balaban J connectivity index is 1.36. The predicted molar refractivity (Wildman–Crippen MR) is 137 cm³/mol. The first-order valence-electron chi connectivity index (χ1n) is 12.7. The van der Waals surface area contributed by atoms with Gasteiger partial charge in [0.2, 0.25) is 5.88 Å². The van der Waals surface area contributed by atoms with Crippen molar-refractivity contribution < 1.29 is 19.4 Å². The number of hydrogen-bond acceptors (Lipinski definition) is 6. The molecular weight excluding hydrogens is 454 g/mol. The molecule has 1 unspecified atom stereocenters. The fourth-order valence-electron chi connectivity index (χ4n) is 5.64. The second-order valence-electron chi connectivity index (χ2n) is 9.88. The van der Waals surface area contributed by atoms with Crippen LogP contribution >= 0.6 is 0 Å². The van der Waals surface area contributed by atoms with Gasteiger partial charge in [-0.05, 0) is 61.4 Å². The number of allylic oxidation sites excluding steroid dienone is 2. The third kappa shape index (κ3) is 4.34. The summed E-state index contributed by atoms with van der Waals surface area (Å²) in [6, 6.07) is 10.6. The van der Waals surface area contributed by atoms with Crippen molar-refractivity contribution in [3.05, 3.63) is 71.8 Å². The number of aromatic nitrogens is 2. The van der Waals surface area contributed by atoms with Crippen LogP contribution in [0.15, 0.2) is 60.6 Å². The second-order valence-corrected chi connectivity index (χ2v) is 9.88. The van der Waals surface area contributed by atoms with Crippen LogP contribution in [0.2, 0.25) is 0 Å². The number of nitrogens with one attached hydrogen (secondary N) is 1. The topological polar surface area (TPSA) is 101 Å². The molecule has 186 valence electrons. The first kappa shape index (κ1) is 24.0. The fraction of sp³-hybridized carbons (Fsp3) is 0.379. The maximum absolute atomic E-state index is 12.5. The monoisotopic (exact) mass is 485 g/mol. The van der Waals surface area contributed by atoms with Crippen molar-refractivity contribution in [1.29, 1.82) is 0 Å². The van der Waals surface area contributed by atoms with E-state index < -0.39 is 17.4 Å². The summed E-state index contributed by atoms with van der Waals surface area (Å²) in [6.45, 7) is 3.91. The zero-order chi connectivity index (χ0) is 25.3. The Morgan fingerprint density at radius 1 is 1.17 bits per heavy atom. The molecule has 2 aliphatic rings. The molecule has 7 heteroatoms. The van der Waals surface area contributed by atoms with E-state index in [2.05, 4.69) is 15.3 Å². The van der Waals surface area contributed by atoms with Gasteiger partial charge in [-0.1, -0.05) is 38.3 Å². The Kier molecular flexibility index (Phi) is 6.48. The molecule has 2 aliphatic carbocycles. The van der Waals surface area contributed by atoms with Crippen LogP contribution in [0.4, 0.5) is 0 Å². The number of aliphatic carboxylic acids is 1. The molecule has 0 saturated heterocycles. The van der Waals surface area contributed by atoms with Crippen LogP contribution in [-0.4, -0.2) is 32.9 Å². The molecule has 2 aromatic heterocycles. The summed E-state index contributed by atoms with van der Waals surface area (Å²) < 4.78 is 6.10. The molecule has 2 N–H and O–H groups in total. The summed E-state index contributed by atoms with van der Waals surface area (Å²) >= 11 is 0. The molecule has 36 heavy (non-hydrogen) atoms. The number of carboxylic acid groups (broad SMARTS) is 1. The molecule has 1 spiro atoms. The summed E-state index contributed by atoms with van der Waals surface area (Å²) in [5.74, 6) is 0.0515. The van der Waals surface area contributed by atoms with E-state index in [9.17, 15) is 14.7 Å². The van der Waals surface area contributed by atoms with E-state index in [1.165, 1.54) is 0 Å². The maximum Gasteiger partial charge on any atom is 0.326 e. The molecule has 1 fully saturated rings. The Hall–Kier alpha value is -3.74. The highest BCUT2D eigenvalue weighted by Gasteiger charge is 2.49. The van der Waals surface area contributed by atoms with E-state index in [1.54, 1.807) is 18.5 Å². The number of carboxylic acids is 1. The molecule has 1 aromatic carbocycles. The van der Waals surface area contributed by atoms with Crippen molar-refractivity contribution in [1.82, 2.24) is 15.3 Å². The molecule has 5 rings (SSSR count). The molecular formula is C29H31N3O4. The fourth-order valence-corrected chi connectivity index (χ4v) is 5.64. The summed E-state index contributed by atoms with van der Waals surface area (Å²) in [4.78, 5) is 33.6. The number of carbonyl (C=O) groups excluding carboxylic acids is 1. The smallest absolute Gasteiger partial charge is 0.326 e. The molecule has 0 amide bonds. The summed E-state index contributed by atoms with van der Waals surface area (Å²) in [5, 5.41) is 15.2. The zero-order valence-corrected chi connectivity index (χ0v) is 20.7. The number of ketones is 1. The molecule has 2 heterocycles. The van der Waals surface area contributed by atoms with Gasteiger partial charge in [-0.15, -0.1) is 0 Å². The highest BCUT2D eigenvalue weighted by molar-refractivity contribution is 6.05. The quantitative estimate of drug-likeness (QED) is 0.423. The minimum absolute atomic E-state index is 0.135. The number of pyridine rings is 2. The van der Waals surface area contributed by atoms with Crippen LogP contribution in [0.1, 0.15) is 62.6 Å². The van der Waals surface area contributed by atoms with Gasteiger partial charge < -0.3 is 15.2 Å². The standard InChI is InChI=1S/C29H31N3O4/c1-3-22(26(28(34)35)32-24-16-25(33)29(24)12-5-4-6-13-29)19-7-9-21(10-8-19)36-27-23-17-30-14-11-20(23)15-18(2)31-27/h7-11,14-17,22,26,32H,3-6,12-13H2,1-2H3,(H,34,35)/t22?,26-/m0/s1. The van der Waals surface area contributed by atoms with Gasteiger partial charge in [0.05, 0.1) is 10.8 Å². The van der Waals surface area contributed by atoms with Crippen molar-refractivity contribution in [2.45, 2.75) is 64.3 Å². The van der Waals surface area contributed by atoms with Crippen molar-refractivity contribution in [2.24, 2.45) is 5.41 Å². The van der Waals surface area contributed by atoms with E-state index >= 15 is 0 Å². The minimum atomic E-state index is -0.920. The lowest BCUT2D eigenvalue weighted by Gasteiger charge is -2.45. The molecule has 1 saturated carbocycles. The van der Waals surface area contributed by atoms with Crippen LogP contribution in [0.5, 0.6) is 11.6 Å². The van der Waals surface area contributed by atoms with Crippen LogP contribution in [0.3, 0.4) is 0 Å². The van der Waals surface area contributed by atoms with Gasteiger partial charge in [0.25, 0.3) is 0 Å². The number of carbonyl (C=O) groups is 2. The van der Waals surface area contributed by atoms with Gasteiger partial charge in [-0.3, -0.25) is 9.78 Å². The highest BCUT2D eigenvalue weighted by atomic mass is 16.5. The SMILES string of the molecule is CCC(c1ccc(Oc2nc(C)cc3ccncc23)cc1)[C@H](NC1=CC(=O)C12CCCCC2)C(=O)O. The average molecular weight is 486 g/mol. The number of benzene rings is 1. The highest BCUT2D eigenvalue weighted by Crippen LogP contribution is 2.48. The van der Waals surface area contributed by atoms with Gasteiger partial charge in [-0.25, -0.2) is 9.78 Å². The van der Waals surface area contributed by atoms with E-state index in [1.807, 2.05) is 50.2 Å². The van der Waals surface area contributed by atoms with E-state index in [4.69, 9.17) is 4.74 Å². The molecule has 3 aromatic rings. The van der Waals surface area contributed by atoms with Crippen molar-refractivity contribution >= 4 is 22.5 Å². The van der Waals surface area contributed by atoms with Gasteiger partial charge in [0, 0.05) is 35.8 Å². The number of hydrogen-bond donors (Lipinski definition) is 2. The normalized spacial score (nSPS) is 18.3. The average Bonchev–Trinajstić information content (AvgIpc) is 2.89. The number of nitrogens with zero attached hydrogens (tertiary/aromatic N) is 2. The summed E-state index contributed by atoms with van der Waals surface area (Å²) in [7, 11) is 0. The third-order valence-corrected chi connectivity index (χ3v) is 7.64. The Bertz CT molecular complexity index is 1330. The lowest BCUT2D eigenvalue weighted by atomic mass is 9.62. The zero-order valence-electron chi connectivity index (χ0n) is 20.7. The van der Waals surface area contributed by atoms with Gasteiger partial charge >= 0.3 is 5.97 Å². The number of aryl methyl sites for hydroxylation is 1. The van der Waals surface area contributed by atoms with Gasteiger partial charge in [0.1, 0.15) is 11.8 Å². The Morgan fingerprint density at radius 2 is 1.92 bits per heavy atom. The predicted octanol–water partition coefficient (Wildman–Crippen LogP) is 5.68. The molecule has 2 atom stereocenters. The van der Waals surface area contributed by atoms with Gasteiger partial charge in [0.15, 0.2) is 5.78 Å². The van der Waals surface area contributed by atoms with E-state index in [0.29, 0.717) is 18.1 Å². The number of ether oxygens (including phenoxy) is 1. The van der Waals surface area contributed by atoms with Crippen molar-refractivity contribution in [3.63, 3.8) is 0 Å². The second kappa shape index (κ2) is 9.72. The maximum atomic E-state index is 12.5. The first-order valence-corrected chi connectivity index (χ1v) is 12.7. The summed E-state index contributed by atoms with van der Waals surface area (Å²) in [6.07, 6.45) is 10.4. The van der Waals surface area contributed by atoms with Crippen LogP contribution < -0.4 is 10.1 Å². The van der Waals surface area contributed by atoms with Gasteiger partial charge in [-0.2, -0.15) is 0 Å². The molecule has 7 nitrogen and oxygen atoms in total. The van der Waals surface area contributed by atoms with Crippen molar-refractivity contribution in [2.75, 3.05) is 0 Å². The lowest BCUT2D eigenvalue weighted by Crippen LogP contribution is -2.52. The minimum Gasteiger partial charge on any atom is -0.480 e. The number of rotatable bonds is 8. The van der Waals surface area contributed by atoms with Crippen LogP contribution in [0.25, 0.3) is 10.8 Å². The van der Waals surface area contributed by atoms with Crippen LogP contribution in [-0.2, 0) is 9.59 Å². The molecule has 0 bridgehead atoms. The van der Waals surface area contributed by atoms with Crippen LogP contribution in [0, 0.1) is 12.3 Å². The first-order chi connectivity index (χ1) is 17.4. The molecule has 0 radical (unpaired) electrons. The molecule has 0 aliphatic heterocycles.